The Labute approximate surface area is 177 Å². The van der Waals surface area contributed by atoms with E-state index >= 15 is 0 Å². The lowest BCUT2D eigenvalue weighted by Gasteiger charge is -2.12. The van der Waals surface area contributed by atoms with Crippen LogP contribution in [-0.4, -0.2) is 20.7 Å². The minimum Gasteiger partial charge on any atom is -0.306 e. The van der Waals surface area contributed by atoms with Gasteiger partial charge in [-0.2, -0.15) is 9.78 Å². The molecule has 29 heavy (non-hydrogen) atoms. The van der Waals surface area contributed by atoms with Crippen molar-refractivity contribution >= 4 is 38.6 Å². The summed E-state index contributed by atoms with van der Waals surface area (Å²) < 4.78 is 2.62. The van der Waals surface area contributed by atoms with E-state index in [2.05, 4.69) is 59.2 Å². The Morgan fingerprint density at radius 1 is 0.966 bits per heavy atom. The summed E-state index contributed by atoms with van der Waals surface area (Å²) in [6, 6.07) is 15.4. The lowest BCUT2D eigenvalue weighted by Crippen LogP contribution is -2.15. The number of fused-ring (bicyclic) bond motifs is 1. The Kier molecular flexibility index (Phi) is 4.96. The number of carbonyl (C=O) groups excluding carboxylic acids is 1. The second-order valence-electron chi connectivity index (χ2n) is 7.32. The number of pyridine rings is 1. The van der Waals surface area contributed by atoms with E-state index in [1.165, 1.54) is 5.56 Å². The number of amides is 1. The van der Waals surface area contributed by atoms with E-state index in [1.807, 2.05) is 31.2 Å². The highest BCUT2D eigenvalue weighted by Crippen LogP contribution is 2.26. The summed E-state index contributed by atoms with van der Waals surface area (Å²) >= 11 is 3.39. The molecule has 0 atom stereocenters. The fourth-order valence-electron chi connectivity index (χ4n) is 3.49. The second-order valence-corrected chi connectivity index (χ2v) is 8.23. The van der Waals surface area contributed by atoms with Crippen LogP contribution in [0, 0.1) is 27.7 Å². The third-order valence-electron chi connectivity index (χ3n) is 4.84. The van der Waals surface area contributed by atoms with Crippen LogP contribution in [0.3, 0.4) is 0 Å². The number of hydrogen-bond donors (Lipinski definition) is 1. The predicted molar refractivity (Wildman–Crippen MR) is 120 cm³/mol. The summed E-state index contributed by atoms with van der Waals surface area (Å²) in [6.45, 7) is 8.12. The number of aryl methyl sites for hydroxylation is 4. The van der Waals surface area contributed by atoms with Gasteiger partial charge in [0.05, 0.1) is 11.2 Å². The van der Waals surface area contributed by atoms with Gasteiger partial charge in [0.15, 0.2) is 5.82 Å². The third-order valence-corrected chi connectivity index (χ3v) is 5.37. The van der Waals surface area contributed by atoms with E-state index in [-0.39, 0.29) is 5.91 Å². The van der Waals surface area contributed by atoms with Gasteiger partial charge in [-0.1, -0.05) is 27.6 Å². The number of benzene rings is 2. The predicted octanol–water partition coefficient (Wildman–Crippen LogP) is 5.67. The molecule has 0 aliphatic carbocycles. The van der Waals surface area contributed by atoms with E-state index in [0.29, 0.717) is 17.2 Å². The lowest BCUT2D eigenvalue weighted by atomic mass is 10.0. The fraction of sp³-hybridized carbons (Fsp3) is 0.174. The van der Waals surface area contributed by atoms with Crippen LogP contribution < -0.4 is 5.32 Å². The summed E-state index contributed by atoms with van der Waals surface area (Å²) in [5, 5.41) is 8.67. The molecule has 0 unspecified atom stereocenters. The molecule has 0 saturated carbocycles. The smallest absolute Gasteiger partial charge is 0.256 e. The zero-order chi connectivity index (χ0) is 20.7. The Morgan fingerprint density at radius 2 is 1.69 bits per heavy atom. The molecule has 2 aromatic carbocycles. The molecule has 146 valence electrons. The first-order chi connectivity index (χ1) is 13.8. The minimum atomic E-state index is -0.192. The van der Waals surface area contributed by atoms with Crippen LogP contribution in [0.1, 0.15) is 32.7 Å². The van der Waals surface area contributed by atoms with Gasteiger partial charge in [0.1, 0.15) is 5.82 Å². The summed E-state index contributed by atoms with van der Waals surface area (Å²) in [4.78, 5) is 17.6. The normalized spacial score (nSPS) is 11.1. The zero-order valence-corrected chi connectivity index (χ0v) is 18.3. The van der Waals surface area contributed by atoms with Gasteiger partial charge in [-0.3, -0.25) is 4.79 Å². The summed E-state index contributed by atoms with van der Waals surface area (Å²) in [5.74, 6) is 1.08. The maximum absolute atomic E-state index is 12.7. The molecule has 6 heteroatoms. The third kappa shape index (κ3) is 3.80. The average molecular weight is 449 g/mol. The van der Waals surface area contributed by atoms with Crippen molar-refractivity contribution in [1.29, 1.82) is 0 Å². The molecule has 4 rings (SSSR count). The van der Waals surface area contributed by atoms with Crippen LogP contribution in [0.4, 0.5) is 5.82 Å². The fourth-order valence-corrected chi connectivity index (χ4v) is 3.75. The van der Waals surface area contributed by atoms with Gasteiger partial charge in [0.2, 0.25) is 0 Å². The number of halogens is 1. The Morgan fingerprint density at radius 3 is 2.41 bits per heavy atom. The van der Waals surface area contributed by atoms with E-state index in [4.69, 9.17) is 4.98 Å². The number of rotatable bonds is 3. The quantitative estimate of drug-likeness (QED) is 0.439. The van der Waals surface area contributed by atoms with Crippen molar-refractivity contribution in [2.45, 2.75) is 27.7 Å². The minimum absolute atomic E-state index is 0.192. The number of nitrogens with zero attached hydrogens (tertiary/aromatic N) is 3. The molecule has 0 fully saturated rings. The van der Waals surface area contributed by atoms with Gasteiger partial charge in [-0.05, 0) is 75.2 Å². The molecular formula is C23H21BrN4O. The van der Waals surface area contributed by atoms with E-state index in [0.717, 1.165) is 32.2 Å². The molecule has 0 aliphatic heterocycles. The largest absolute Gasteiger partial charge is 0.306 e. The lowest BCUT2D eigenvalue weighted by molar-refractivity contribution is 0.102. The van der Waals surface area contributed by atoms with Crippen molar-refractivity contribution in [3.8, 4) is 5.82 Å². The van der Waals surface area contributed by atoms with Gasteiger partial charge >= 0.3 is 0 Å². The first-order valence-corrected chi connectivity index (χ1v) is 10.1. The van der Waals surface area contributed by atoms with Crippen LogP contribution in [0.15, 0.2) is 53.0 Å². The standard InChI is InChI=1S/C23H21BrN4O/c1-13-9-15(3)22-19(10-13)14(2)11-20(25-22)28-21(12-16(4)27-28)26-23(29)17-5-7-18(24)8-6-17/h5-12H,1-4H3,(H,26,29). The molecule has 1 amide bonds. The topological polar surface area (TPSA) is 59.8 Å². The van der Waals surface area contributed by atoms with Crippen molar-refractivity contribution in [2.75, 3.05) is 5.32 Å². The van der Waals surface area contributed by atoms with Gasteiger partial charge in [0, 0.05) is 21.5 Å². The molecule has 2 aromatic heterocycles. The Hall–Kier alpha value is -2.99. The maximum atomic E-state index is 12.7. The second kappa shape index (κ2) is 7.44. The van der Waals surface area contributed by atoms with Crippen LogP contribution in [0.25, 0.3) is 16.7 Å². The Bertz CT molecular complexity index is 1240. The molecule has 0 saturated heterocycles. The number of nitrogens with one attached hydrogen (secondary N) is 1. The first-order valence-electron chi connectivity index (χ1n) is 9.34. The van der Waals surface area contributed by atoms with Gasteiger partial charge in [0.25, 0.3) is 5.91 Å². The molecule has 2 heterocycles. The number of carbonyl (C=O) groups is 1. The summed E-state index contributed by atoms with van der Waals surface area (Å²) in [6.07, 6.45) is 0. The zero-order valence-electron chi connectivity index (χ0n) is 16.7. The highest BCUT2D eigenvalue weighted by atomic mass is 79.9. The average Bonchev–Trinajstić information content (AvgIpc) is 3.03. The Balaban J connectivity index is 1.77. The van der Waals surface area contributed by atoms with Gasteiger partial charge in [-0.15, -0.1) is 0 Å². The molecular weight excluding hydrogens is 428 g/mol. The van der Waals surface area contributed by atoms with E-state index < -0.39 is 0 Å². The van der Waals surface area contributed by atoms with Crippen LogP contribution in [0.5, 0.6) is 0 Å². The molecule has 0 radical (unpaired) electrons. The molecule has 0 aliphatic rings. The highest BCUT2D eigenvalue weighted by molar-refractivity contribution is 9.10. The van der Waals surface area contributed by atoms with Crippen LogP contribution in [-0.2, 0) is 0 Å². The van der Waals surface area contributed by atoms with Crippen molar-refractivity contribution in [2.24, 2.45) is 0 Å². The summed E-state index contributed by atoms with van der Waals surface area (Å²) in [5.41, 5.74) is 5.78. The molecule has 1 N–H and O–H groups in total. The van der Waals surface area contributed by atoms with Gasteiger partial charge in [-0.25, -0.2) is 4.98 Å². The number of anilines is 1. The van der Waals surface area contributed by atoms with E-state index in [9.17, 15) is 4.79 Å². The molecule has 0 spiro atoms. The SMILES string of the molecule is Cc1cc(C)c2nc(-n3nc(C)cc3NC(=O)c3ccc(Br)cc3)cc(C)c2c1. The van der Waals surface area contributed by atoms with Crippen molar-refractivity contribution in [1.82, 2.24) is 14.8 Å². The van der Waals surface area contributed by atoms with Crippen molar-refractivity contribution in [3.05, 3.63) is 81.0 Å². The van der Waals surface area contributed by atoms with Gasteiger partial charge < -0.3 is 5.32 Å². The monoisotopic (exact) mass is 448 g/mol. The van der Waals surface area contributed by atoms with Crippen molar-refractivity contribution in [3.63, 3.8) is 0 Å². The maximum Gasteiger partial charge on any atom is 0.256 e. The highest BCUT2D eigenvalue weighted by Gasteiger charge is 2.15. The summed E-state index contributed by atoms with van der Waals surface area (Å²) in [7, 11) is 0. The number of aromatic nitrogens is 3. The molecule has 0 bridgehead atoms. The van der Waals surface area contributed by atoms with Crippen molar-refractivity contribution < 1.29 is 4.79 Å². The molecule has 4 aromatic rings. The van der Waals surface area contributed by atoms with E-state index in [1.54, 1.807) is 16.8 Å². The van der Waals surface area contributed by atoms with Crippen LogP contribution in [0.2, 0.25) is 0 Å². The van der Waals surface area contributed by atoms with Crippen LogP contribution >= 0.6 is 15.9 Å². The molecule has 5 nitrogen and oxygen atoms in total. The first kappa shape index (κ1) is 19.3. The number of hydrogen-bond acceptors (Lipinski definition) is 3.